The number of aryl methyl sites for hydroxylation is 1. The summed E-state index contributed by atoms with van der Waals surface area (Å²) < 4.78 is 6.90. The third-order valence-electron chi connectivity index (χ3n) is 5.98. The third-order valence-corrected chi connectivity index (χ3v) is 5.98. The SMILES string of the molecule is Cn1ncc(N2CCN(C(=O)[C@@H]3CC(=O)OC34CCCC4)CC2)cc1=O. The molecule has 1 aliphatic carbocycles. The maximum atomic E-state index is 13.1. The number of carbonyl (C=O) groups is 2. The van der Waals surface area contributed by atoms with E-state index in [0.29, 0.717) is 26.2 Å². The summed E-state index contributed by atoms with van der Waals surface area (Å²) in [5.41, 5.74) is 0.0820. The van der Waals surface area contributed by atoms with Gasteiger partial charge in [0.2, 0.25) is 5.91 Å². The highest BCUT2D eigenvalue weighted by atomic mass is 16.6. The van der Waals surface area contributed by atoms with Gasteiger partial charge in [0.1, 0.15) is 5.60 Å². The fourth-order valence-electron chi connectivity index (χ4n) is 4.47. The maximum Gasteiger partial charge on any atom is 0.307 e. The highest BCUT2D eigenvalue weighted by Crippen LogP contribution is 2.46. The van der Waals surface area contributed by atoms with Crippen LogP contribution in [0.15, 0.2) is 17.1 Å². The predicted octanol–water partition coefficient (Wildman–Crippen LogP) is 0.305. The minimum atomic E-state index is -0.555. The van der Waals surface area contributed by atoms with Crippen molar-refractivity contribution in [1.82, 2.24) is 14.7 Å². The molecule has 1 atom stereocenters. The lowest BCUT2D eigenvalue weighted by Gasteiger charge is -2.38. The van der Waals surface area contributed by atoms with Crippen molar-refractivity contribution >= 4 is 17.6 Å². The molecular formula is C18H24N4O4. The molecule has 0 unspecified atom stereocenters. The number of rotatable bonds is 2. The Morgan fingerprint density at radius 3 is 2.54 bits per heavy atom. The van der Waals surface area contributed by atoms with Gasteiger partial charge in [-0.15, -0.1) is 0 Å². The van der Waals surface area contributed by atoms with Crippen LogP contribution in [0.2, 0.25) is 0 Å². The van der Waals surface area contributed by atoms with Crippen LogP contribution in [0, 0.1) is 5.92 Å². The Labute approximate surface area is 151 Å². The molecule has 1 aromatic rings. The fraction of sp³-hybridized carbons (Fsp3) is 0.667. The molecule has 0 aromatic carbocycles. The fourth-order valence-corrected chi connectivity index (χ4v) is 4.47. The highest BCUT2D eigenvalue weighted by molar-refractivity contribution is 5.88. The van der Waals surface area contributed by atoms with Gasteiger partial charge in [-0.05, 0) is 25.7 Å². The molecule has 1 saturated carbocycles. The van der Waals surface area contributed by atoms with Crippen molar-refractivity contribution in [3.63, 3.8) is 0 Å². The number of piperazine rings is 1. The lowest BCUT2D eigenvalue weighted by Crippen LogP contribution is -2.53. The number of aromatic nitrogens is 2. The van der Waals surface area contributed by atoms with Gasteiger partial charge >= 0.3 is 5.97 Å². The summed E-state index contributed by atoms with van der Waals surface area (Å²) >= 11 is 0. The van der Waals surface area contributed by atoms with Gasteiger partial charge in [0, 0.05) is 39.3 Å². The zero-order valence-electron chi connectivity index (χ0n) is 15.0. The molecule has 0 N–H and O–H groups in total. The minimum absolute atomic E-state index is 0.0412. The summed E-state index contributed by atoms with van der Waals surface area (Å²) in [6, 6.07) is 1.57. The summed E-state index contributed by atoms with van der Waals surface area (Å²) in [5.74, 6) is -0.538. The number of hydrogen-bond acceptors (Lipinski definition) is 6. The summed E-state index contributed by atoms with van der Waals surface area (Å²) in [7, 11) is 1.62. The van der Waals surface area contributed by atoms with Gasteiger partial charge < -0.3 is 14.5 Å². The molecule has 0 bridgehead atoms. The van der Waals surface area contributed by atoms with Crippen LogP contribution in [0.4, 0.5) is 5.69 Å². The lowest BCUT2D eigenvalue weighted by molar-refractivity contribution is -0.151. The monoisotopic (exact) mass is 360 g/mol. The molecule has 3 heterocycles. The van der Waals surface area contributed by atoms with E-state index in [9.17, 15) is 14.4 Å². The first-order valence-electron chi connectivity index (χ1n) is 9.27. The Morgan fingerprint density at radius 1 is 1.19 bits per heavy atom. The van der Waals surface area contributed by atoms with Gasteiger partial charge in [-0.3, -0.25) is 14.4 Å². The molecule has 8 heteroatoms. The molecule has 1 aromatic heterocycles. The maximum absolute atomic E-state index is 13.1. The second kappa shape index (κ2) is 6.41. The van der Waals surface area contributed by atoms with Crippen molar-refractivity contribution in [1.29, 1.82) is 0 Å². The van der Waals surface area contributed by atoms with Crippen LogP contribution in [-0.4, -0.2) is 58.3 Å². The highest BCUT2D eigenvalue weighted by Gasteiger charge is 2.54. The van der Waals surface area contributed by atoms with Crippen LogP contribution in [0.1, 0.15) is 32.1 Å². The lowest BCUT2D eigenvalue weighted by atomic mass is 9.84. The quantitative estimate of drug-likeness (QED) is 0.706. The predicted molar refractivity (Wildman–Crippen MR) is 93.7 cm³/mol. The van der Waals surface area contributed by atoms with Crippen LogP contribution >= 0.6 is 0 Å². The Balaban J connectivity index is 1.42. The normalized spacial score (nSPS) is 25.0. The van der Waals surface area contributed by atoms with Crippen molar-refractivity contribution in [2.24, 2.45) is 13.0 Å². The van der Waals surface area contributed by atoms with E-state index in [1.807, 2.05) is 4.90 Å². The van der Waals surface area contributed by atoms with E-state index in [1.165, 1.54) is 4.68 Å². The van der Waals surface area contributed by atoms with Crippen molar-refractivity contribution in [3.8, 4) is 0 Å². The number of ether oxygens (including phenoxy) is 1. The van der Waals surface area contributed by atoms with E-state index >= 15 is 0 Å². The van der Waals surface area contributed by atoms with Crippen LogP contribution in [0.3, 0.4) is 0 Å². The molecule has 2 saturated heterocycles. The van der Waals surface area contributed by atoms with Gasteiger partial charge in [-0.2, -0.15) is 5.10 Å². The Morgan fingerprint density at radius 2 is 1.88 bits per heavy atom. The van der Waals surface area contributed by atoms with Crippen LogP contribution in [0.5, 0.6) is 0 Å². The van der Waals surface area contributed by atoms with Crippen LogP contribution in [-0.2, 0) is 21.4 Å². The largest absolute Gasteiger partial charge is 0.458 e. The smallest absolute Gasteiger partial charge is 0.307 e. The summed E-state index contributed by atoms with van der Waals surface area (Å²) in [6.45, 7) is 2.45. The summed E-state index contributed by atoms with van der Waals surface area (Å²) in [6.07, 6.45) is 5.51. The molecule has 3 fully saturated rings. The standard InChI is InChI=1S/C18H24N4O4/c1-20-15(23)10-13(12-19-20)21-6-8-22(9-7-21)17(25)14-11-16(24)26-18(14)4-2-3-5-18/h10,12,14H,2-9,11H2,1H3/t14-/m0/s1. The van der Waals surface area contributed by atoms with Gasteiger partial charge in [-0.25, -0.2) is 4.68 Å². The van der Waals surface area contributed by atoms with E-state index in [-0.39, 0.29) is 29.8 Å². The minimum Gasteiger partial charge on any atom is -0.458 e. The first-order chi connectivity index (χ1) is 12.5. The molecule has 8 nitrogen and oxygen atoms in total. The molecule has 1 spiro atoms. The molecule has 140 valence electrons. The topological polar surface area (TPSA) is 84.7 Å². The number of amides is 1. The number of esters is 1. The van der Waals surface area contributed by atoms with Crippen LogP contribution < -0.4 is 10.5 Å². The van der Waals surface area contributed by atoms with Gasteiger partial charge in [0.15, 0.2) is 0 Å². The summed E-state index contributed by atoms with van der Waals surface area (Å²) in [5, 5.41) is 4.06. The molecular weight excluding hydrogens is 336 g/mol. The molecule has 1 amide bonds. The Bertz CT molecular complexity index is 776. The third kappa shape index (κ3) is 2.87. The first kappa shape index (κ1) is 17.1. The first-order valence-corrected chi connectivity index (χ1v) is 9.27. The number of nitrogens with zero attached hydrogens (tertiary/aromatic N) is 4. The molecule has 2 aliphatic heterocycles. The summed E-state index contributed by atoms with van der Waals surface area (Å²) in [4.78, 5) is 40.6. The Hall–Kier alpha value is -2.38. The van der Waals surface area contributed by atoms with Gasteiger partial charge in [0.05, 0.1) is 24.2 Å². The van der Waals surface area contributed by atoms with Gasteiger partial charge in [-0.1, -0.05) is 0 Å². The van der Waals surface area contributed by atoms with E-state index in [4.69, 9.17) is 4.74 Å². The van der Waals surface area contributed by atoms with E-state index in [2.05, 4.69) is 10.00 Å². The van der Waals surface area contributed by atoms with E-state index < -0.39 is 5.60 Å². The van der Waals surface area contributed by atoms with E-state index in [1.54, 1.807) is 19.3 Å². The molecule has 26 heavy (non-hydrogen) atoms. The van der Waals surface area contributed by atoms with Crippen molar-refractivity contribution < 1.29 is 14.3 Å². The Kier molecular flexibility index (Phi) is 4.20. The van der Waals surface area contributed by atoms with Crippen LogP contribution in [0.25, 0.3) is 0 Å². The molecule has 3 aliphatic rings. The van der Waals surface area contributed by atoms with Crippen molar-refractivity contribution in [3.05, 3.63) is 22.6 Å². The zero-order chi connectivity index (χ0) is 18.3. The zero-order valence-corrected chi connectivity index (χ0v) is 15.0. The number of anilines is 1. The average Bonchev–Trinajstić information content (AvgIpc) is 3.23. The number of carbonyl (C=O) groups excluding carboxylic acids is 2. The molecule has 0 radical (unpaired) electrons. The average molecular weight is 360 g/mol. The van der Waals surface area contributed by atoms with Crippen molar-refractivity contribution in [2.45, 2.75) is 37.7 Å². The van der Waals surface area contributed by atoms with Gasteiger partial charge in [0.25, 0.3) is 5.56 Å². The van der Waals surface area contributed by atoms with Crippen molar-refractivity contribution in [2.75, 3.05) is 31.1 Å². The second-order valence-corrected chi connectivity index (χ2v) is 7.49. The second-order valence-electron chi connectivity index (χ2n) is 7.49. The molecule has 4 rings (SSSR count). The number of hydrogen-bond donors (Lipinski definition) is 0. The van der Waals surface area contributed by atoms with E-state index in [0.717, 1.165) is 31.4 Å².